The molecular weight excluding hydrogens is 324 g/mol. The Kier molecular flexibility index (Phi) is 4.57. The molecule has 4 rings (SSSR count). The molecule has 1 aromatic heterocycles. The molecule has 3 aliphatic rings. The quantitative estimate of drug-likeness (QED) is 0.822. The van der Waals surface area contributed by atoms with Crippen molar-refractivity contribution in [3.8, 4) is 0 Å². The number of fused-ring (bicyclic) bond motifs is 1. The second-order valence-corrected chi connectivity index (χ2v) is 7.14. The van der Waals surface area contributed by atoms with Crippen molar-refractivity contribution in [2.75, 3.05) is 32.7 Å². The van der Waals surface area contributed by atoms with Gasteiger partial charge in [0.1, 0.15) is 6.54 Å². The van der Waals surface area contributed by atoms with Crippen LogP contribution in [-0.2, 0) is 11.3 Å². The molecule has 1 unspecified atom stereocenters. The SMILES string of the molecule is O=C(Cn1ccc(C2CCCNC2)n1)NCC1=CSC2=NCCN12. The average Bonchev–Trinajstić information content (AvgIpc) is 3.31. The number of amides is 1. The zero-order valence-corrected chi connectivity index (χ0v) is 14.4. The van der Waals surface area contributed by atoms with E-state index in [1.807, 2.05) is 12.3 Å². The zero-order valence-electron chi connectivity index (χ0n) is 13.6. The molecule has 4 heterocycles. The lowest BCUT2D eigenvalue weighted by Gasteiger charge is -2.20. The highest BCUT2D eigenvalue weighted by Gasteiger charge is 2.26. The van der Waals surface area contributed by atoms with E-state index in [4.69, 9.17) is 0 Å². The number of nitrogens with zero attached hydrogens (tertiary/aromatic N) is 4. The van der Waals surface area contributed by atoms with E-state index in [-0.39, 0.29) is 12.5 Å². The van der Waals surface area contributed by atoms with Gasteiger partial charge in [-0.05, 0) is 25.5 Å². The Morgan fingerprint density at radius 1 is 1.50 bits per heavy atom. The van der Waals surface area contributed by atoms with Crippen molar-refractivity contribution in [2.45, 2.75) is 25.3 Å². The maximum absolute atomic E-state index is 12.2. The molecule has 1 aromatic rings. The van der Waals surface area contributed by atoms with Crippen LogP contribution in [-0.4, -0.2) is 58.5 Å². The van der Waals surface area contributed by atoms with Crippen molar-refractivity contribution < 1.29 is 4.79 Å². The Morgan fingerprint density at radius 3 is 3.33 bits per heavy atom. The number of aromatic nitrogens is 2. The maximum Gasteiger partial charge on any atom is 0.242 e. The molecule has 0 aliphatic carbocycles. The van der Waals surface area contributed by atoms with Crippen molar-refractivity contribution in [1.29, 1.82) is 0 Å². The highest BCUT2D eigenvalue weighted by Crippen LogP contribution is 2.28. The number of carbonyl (C=O) groups excluding carboxylic acids is 1. The lowest BCUT2D eigenvalue weighted by molar-refractivity contribution is -0.121. The van der Waals surface area contributed by atoms with Crippen LogP contribution in [0.15, 0.2) is 28.4 Å². The van der Waals surface area contributed by atoms with Crippen LogP contribution in [0, 0.1) is 0 Å². The molecule has 1 atom stereocenters. The second-order valence-electron chi connectivity index (χ2n) is 6.30. The molecule has 3 aliphatic heterocycles. The Hall–Kier alpha value is -1.80. The molecule has 1 amide bonds. The van der Waals surface area contributed by atoms with Crippen LogP contribution < -0.4 is 10.6 Å². The third-order valence-corrected chi connectivity index (χ3v) is 5.55. The van der Waals surface area contributed by atoms with Gasteiger partial charge in [0.05, 0.1) is 18.8 Å². The molecule has 1 saturated heterocycles. The van der Waals surface area contributed by atoms with E-state index in [0.29, 0.717) is 12.5 Å². The minimum atomic E-state index is -0.0121. The van der Waals surface area contributed by atoms with Crippen LogP contribution in [0.2, 0.25) is 0 Å². The van der Waals surface area contributed by atoms with Gasteiger partial charge in [-0.1, -0.05) is 11.8 Å². The van der Waals surface area contributed by atoms with Crippen LogP contribution in [0.5, 0.6) is 0 Å². The third-order valence-electron chi connectivity index (χ3n) is 4.60. The third kappa shape index (κ3) is 3.34. The number of nitrogens with one attached hydrogen (secondary N) is 2. The smallest absolute Gasteiger partial charge is 0.242 e. The van der Waals surface area contributed by atoms with E-state index in [1.54, 1.807) is 16.4 Å². The summed E-state index contributed by atoms with van der Waals surface area (Å²) in [6.07, 6.45) is 4.26. The van der Waals surface area contributed by atoms with Gasteiger partial charge in [0.2, 0.25) is 5.91 Å². The fourth-order valence-electron chi connectivity index (χ4n) is 3.30. The number of hydrogen-bond acceptors (Lipinski definition) is 6. The fraction of sp³-hybridized carbons (Fsp3) is 0.562. The van der Waals surface area contributed by atoms with Gasteiger partial charge >= 0.3 is 0 Å². The molecule has 128 valence electrons. The van der Waals surface area contributed by atoms with Crippen molar-refractivity contribution in [2.24, 2.45) is 4.99 Å². The predicted molar refractivity (Wildman–Crippen MR) is 94.8 cm³/mol. The van der Waals surface area contributed by atoms with Crippen LogP contribution in [0.3, 0.4) is 0 Å². The predicted octanol–water partition coefficient (Wildman–Crippen LogP) is 0.726. The number of piperidine rings is 1. The Morgan fingerprint density at radius 2 is 2.46 bits per heavy atom. The maximum atomic E-state index is 12.2. The highest BCUT2D eigenvalue weighted by atomic mass is 32.2. The van der Waals surface area contributed by atoms with Crippen molar-refractivity contribution in [3.63, 3.8) is 0 Å². The number of aliphatic imine (C=N–C) groups is 1. The lowest BCUT2D eigenvalue weighted by Crippen LogP contribution is -2.34. The van der Waals surface area contributed by atoms with E-state index in [1.165, 1.54) is 12.8 Å². The minimum Gasteiger partial charge on any atom is -0.349 e. The van der Waals surface area contributed by atoms with Gasteiger partial charge in [0.25, 0.3) is 0 Å². The summed E-state index contributed by atoms with van der Waals surface area (Å²) in [7, 11) is 0. The summed E-state index contributed by atoms with van der Waals surface area (Å²) in [4.78, 5) is 18.8. The first-order valence-electron chi connectivity index (χ1n) is 8.48. The van der Waals surface area contributed by atoms with Crippen LogP contribution in [0.1, 0.15) is 24.5 Å². The van der Waals surface area contributed by atoms with Gasteiger partial charge < -0.3 is 15.5 Å². The Labute approximate surface area is 145 Å². The summed E-state index contributed by atoms with van der Waals surface area (Å²) in [6.45, 7) is 4.65. The van der Waals surface area contributed by atoms with E-state index < -0.39 is 0 Å². The van der Waals surface area contributed by atoms with Gasteiger partial charge in [0.15, 0.2) is 5.17 Å². The number of rotatable bonds is 5. The largest absolute Gasteiger partial charge is 0.349 e. The lowest BCUT2D eigenvalue weighted by atomic mass is 9.97. The molecule has 2 N–H and O–H groups in total. The van der Waals surface area contributed by atoms with Crippen LogP contribution in [0.25, 0.3) is 0 Å². The number of amidine groups is 1. The summed E-state index contributed by atoms with van der Waals surface area (Å²) < 4.78 is 1.74. The molecule has 0 bridgehead atoms. The fourth-order valence-corrected chi connectivity index (χ4v) is 4.25. The monoisotopic (exact) mass is 346 g/mol. The van der Waals surface area contributed by atoms with E-state index in [0.717, 1.165) is 42.7 Å². The normalized spacial score (nSPS) is 23.0. The first-order valence-corrected chi connectivity index (χ1v) is 9.36. The first kappa shape index (κ1) is 15.7. The Bertz CT molecular complexity index is 676. The molecule has 1 fully saturated rings. The summed E-state index contributed by atoms with van der Waals surface area (Å²) in [5.41, 5.74) is 2.21. The van der Waals surface area contributed by atoms with Gasteiger partial charge in [-0.2, -0.15) is 5.10 Å². The standard InChI is InChI=1S/C16H22N6OS/c23-15(19-9-13-11-24-16-18-5-7-22(13)16)10-21-6-3-14(20-21)12-2-1-4-17-8-12/h3,6,11-12,17H,1-2,4-5,7-10H2,(H,19,23). The summed E-state index contributed by atoms with van der Waals surface area (Å²) in [5, 5.41) is 14.1. The van der Waals surface area contributed by atoms with Crippen molar-refractivity contribution in [3.05, 3.63) is 29.1 Å². The summed E-state index contributed by atoms with van der Waals surface area (Å²) in [5.74, 6) is 0.457. The van der Waals surface area contributed by atoms with Gasteiger partial charge in [-0.15, -0.1) is 0 Å². The molecular formula is C16H22N6OS. The van der Waals surface area contributed by atoms with Crippen LogP contribution in [0.4, 0.5) is 0 Å². The molecule has 8 heteroatoms. The minimum absolute atomic E-state index is 0.0121. The van der Waals surface area contributed by atoms with Gasteiger partial charge in [0, 0.05) is 36.3 Å². The molecule has 24 heavy (non-hydrogen) atoms. The van der Waals surface area contributed by atoms with Crippen molar-refractivity contribution in [1.82, 2.24) is 25.3 Å². The van der Waals surface area contributed by atoms with Gasteiger partial charge in [-0.25, -0.2) is 0 Å². The molecule has 0 aromatic carbocycles. The molecule has 0 spiro atoms. The van der Waals surface area contributed by atoms with Crippen LogP contribution >= 0.6 is 11.8 Å². The Balaban J connectivity index is 1.27. The zero-order chi connectivity index (χ0) is 16.4. The molecule has 0 saturated carbocycles. The van der Waals surface area contributed by atoms with Crippen molar-refractivity contribution >= 4 is 22.8 Å². The number of hydrogen-bond donors (Lipinski definition) is 2. The van der Waals surface area contributed by atoms with E-state index >= 15 is 0 Å². The average molecular weight is 346 g/mol. The summed E-state index contributed by atoms with van der Waals surface area (Å²) >= 11 is 1.63. The van der Waals surface area contributed by atoms with Gasteiger partial charge in [-0.3, -0.25) is 14.5 Å². The second kappa shape index (κ2) is 6.98. The van der Waals surface area contributed by atoms with E-state index in [9.17, 15) is 4.79 Å². The summed E-state index contributed by atoms with van der Waals surface area (Å²) in [6, 6.07) is 2.04. The number of carbonyl (C=O) groups is 1. The van der Waals surface area contributed by atoms with E-state index in [2.05, 4.69) is 31.0 Å². The first-order chi connectivity index (χ1) is 11.8. The topological polar surface area (TPSA) is 74.5 Å². The molecule has 7 nitrogen and oxygen atoms in total. The molecule has 0 radical (unpaired) electrons. The highest BCUT2D eigenvalue weighted by molar-refractivity contribution is 8.16. The number of thioether (sulfide) groups is 1.